The van der Waals surface area contributed by atoms with Gasteiger partial charge in [-0.2, -0.15) is 0 Å². The van der Waals surface area contributed by atoms with Crippen LogP contribution in [0.1, 0.15) is 13.8 Å². The zero-order chi connectivity index (χ0) is 7.11. The Kier molecular flexibility index (Phi) is 6.50. The molecule has 2 N–H and O–H groups in total. The van der Waals surface area contributed by atoms with Gasteiger partial charge in [0.1, 0.15) is 0 Å². The molecule has 0 spiro atoms. The minimum atomic E-state index is 0.689. The average Bonchev–Trinajstić information content (AvgIpc) is 1.80. The maximum absolute atomic E-state index is 5.27. The van der Waals surface area contributed by atoms with Crippen LogP contribution in [0.5, 0.6) is 0 Å². The van der Waals surface area contributed by atoms with E-state index in [9.17, 15) is 0 Å². The van der Waals surface area contributed by atoms with Crippen molar-refractivity contribution in [1.29, 1.82) is 0 Å². The monoisotopic (exact) mass is 193 g/mol. The molecule has 9 heavy (non-hydrogen) atoms. The number of nitrogens with two attached hydrogens (primary N) is 1. The van der Waals surface area contributed by atoms with E-state index in [2.05, 4.69) is 19.9 Å². The minimum absolute atomic E-state index is 0.689. The molecule has 2 heteroatoms. The molecule has 0 saturated carbocycles. The van der Waals surface area contributed by atoms with Gasteiger partial charge < -0.3 is 0 Å². The van der Waals surface area contributed by atoms with Crippen LogP contribution in [-0.4, -0.2) is 21.5 Å². The van der Waals surface area contributed by atoms with Gasteiger partial charge in [-0.05, 0) is 0 Å². The van der Waals surface area contributed by atoms with Crippen molar-refractivity contribution in [3.05, 3.63) is 12.2 Å². The first-order valence-electron chi connectivity index (χ1n) is 3.24. The Bertz CT molecular complexity index is 79.0. The Balaban J connectivity index is 2.99. The fourth-order valence-electron chi connectivity index (χ4n) is 0.412. The molecule has 0 heterocycles. The molecule has 0 rings (SSSR count). The molecule has 0 bridgehead atoms. The fourth-order valence-corrected chi connectivity index (χ4v) is 1.74. The third-order valence-corrected chi connectivity index (χ3v) is 3.03. The summed E-state index contributed by atoms with van der Waals surface area (Å²) < 4.78 is 0. The summed E-state index contributed by atoms with van der Waals surface area (Å²) in [6.07, 6.45) is 4.21. The Morgan fingerprint density at radius 3 is 2.56 bits per heavy atom. The molecule has 0 aliphatic rings. The van der Waals surface area contributed by atoms with Gasteiger partial charge in [-0.1, -0.05) is 0 Å². The number of allylic oxidation sites excluding steroid dienone is 1. The van der Waals surface area contributed by atoms with E-state index in [1.165, 1.54) is 5.32 Å². The molecule has 0 aromatic carbocycles. The van der Waals surface area contributed by atoms with E-state index in [0.29, 0.717) is 6.54 Å². The topological polar surface area (TPSA) is 26.0 Å². The van der Waals surface area contributed by atoms with Gasteiger partial charge in [-0.15, -0.1) is 0 Å². The standard InChI is InChI=1S/C7H15NSe/c1-7(2)9-6-4-3-5-8/h3-4,7H,5-6,8H2,1-2H3/b4-3+. The molecule has 0 atom stereocenters. The van der Waals surface area contributed by atoms with Crippen molar-refractivity contribution in [3.8, 4) is 0 Å². The van der Waals surface area contributed by atoms with E-state index in [1.807, 2.05) is 6.08 Å². The molecule has 1 nitrogen and oxygen atoms in total. The number of rotatable bonds is 4. The predicted octanol–water partition coefficient (Wildman–Crippen LogP) is 1.45. The SMILES string of the molecule is CC(C)[Se]C/C=C/CN. The first-order valence-corrected chi connectivity index (χ1v) is 5.44. The summed E-state index contributed by atoms with van der Waals surface area (Å²) in [5, 5.41) is 1.24. The molecular formula is C7H15NSe. The third-order valence-electron chi connectivity index (χ3n) is 0.829. The molecular weight excluding hydrogens is 177 g/mol. The van der Waals surface area contributed by atoms with Gasteiger partial charge in [0, 0.05) is 0 Å². The summed E-state index contributed by atoms with van der Waals surface area (Å²) in [5.41, 5.74) is 5.27. The van der Waals surface area contributed by atoms with Crippen molar-refractivity contribution < 1.29 is 0 Å². The number of hydrogen-bond donors (Lipinski definition) is 1. The van der Waals surface area contributed by atoms with Crippen LogP contribution >= 0.6 is 0 Å². The van der Waals surface area contributed by atoms with Crippen molar-refractivity contribution in [3.63, 3.8) is 0 Å². The summed E-state index contributed by atoms with van der Waals surface area (Å²) in [4.78, 5) is 0.875. The normalized spacial score (nSPS) is 11.6. The van der Waals surface area contributed by atoms with E-state index < -0.39 is 0 Å². The second-order valence-corrected chi connectivity index (χ2v) is 5.47. The van der Waals surface area contributed by atoms with Crippen molar-refractivity contribution in [2.75, 3.05) is 6.54 Å². The first-order chi connectivity index (χ1) is 4.27. The summed E-state index contributed by atoms with van der Waals surface area (Å²) in [6, 6.07) is 0. The van der Waals surface area contributed by atoms with Crippen LogP contribution in [0.3, 0.4) is 0 Å². The van der Waals surface area contributed by atoms with E-state index in [-0.39, 0.29) is 0 Å². The van der Waals surface area contributed by atoms with E-state index in [4.69, 9.17) is 5.73 Å². The van der Waals surface area contributed by atoms with Gasteiger partial charge in [0.25, 0.3) is 0 Å². The zero-order valence-corrected chi connectivity index (χ0v) is 7.84. The van der Waals surface area contributed by atoms with Gasteiger partial charge in [-0.3, -0.25) is 0 Å². The molecule has 0 unspecified atom stereocenters. The van der Waals surface area contributed by atoms with Crippen LogP contribution in [0.15, 0.2) is 12.2 Å². The van der Waals surface area contributed by atoms with Crippen LogP contribution in [0, 0.1) is 0 Å². The van der Waals surface area contributed by atoms with Gasteiger partial charge >= 0.3 is 63.4 Å². The summed E-state index contributed by atoms with van der Waals surface area (Å²) in [6.45, 7) is 5.21. The molecule has 0 aromatic rings. The van der Waals surface area contributed by atoms with E-state index >= 15 is 0 Å². The van der Waals surface area contributed by atoms with Crippen molar-refractivity contribution in [1.82, 2.24) is 0 Å². The van der Waals surface area contributed by atoms with E-state index in [0.717, 1.165) is 19.8 Å². The van der Waals surface area contributed by atoms with Crippen LogP contribution in [0.25, 0.3) is 0 Å². The van der Waals surface area contributed by atoms with Crippen LogP contribution in [0.2, 0.25) is 10.1 Å². The van der Waals surface area contributed by atoms with Crippen LogP contribution < -0.4 is 5.73 Å². The van der Waals surface area contributed by atoms with Crippen molar-refractivity contribution >= 4 is 15.0 Å². The summed E-state index contributed by atoms with van der Waals surface area (Å²) in [7, 11) is 0. The molecule has 0 radical (unpaired) electrons. The van der Waals surface area contributed by atoms with Gasteiger partial charge in [0.2, 0.25) is 0 Å². The molecule has 54 valence electrons. The molecule has 0 fully saturated rings. The van der Waals surface area contributed by atoms with Crippen LogP contribution in [-0.2, 0) is 0 Å². The Morgan fingerprint density at radius 2 is 2.11 bits per heavy atom. The quantitative estimate of drug-likeness (QED) is 0.529. The van der Waals surface area contributed by atoms with Crippen molar-refractivity contribution in [2.45, 2.75) is 24.0 Å². The second kappa shape index (κ2) is 6.34. The molecule has 0 saturated heterocycles. The predicted molar refractivity (Wildman–Crippen MR) is 43.9 cm³/mol. The first kappa shape index (κ1) is 9.22. The van der Waals surface area contributed by atoms with Crippen LogP contribution in [0.4, 0.5) is 0 Å². The fraction of sp³-hybridized carbons (Fsp3) is 0.714. The number of hydrogen-bond acceptors (Lipinski definition) is 1. The Morgan fingerprint density at radius 1 is 1.44 bits per heavy atom. The van der Waals surface area contributed by atoms with Crippen molar-refractivity contribution in [2.24, 2.45) is 5.73 Å². The summed E-state index contributed by atoms with van der Waals surface area (Å²) >= 11 is 0.783. The Labute approximate surface area is 63.9 Å². The van der Waals surface area contributed by atoms with Gasteiger partial charge in [0.15, 0.2) is 0 Å². The van der Waals surface area contributed by atoms with Gasteiger partial charge in [0.05, 0.1) is 0 Å². The summed E-state index contributed by atoms with van der Waals surface area (Å²) in [5.74, 6) is 0. The average molecular weight is 192 g/mol. The molecule has 0 amide bonds. The van der Waals surface area contributed by atoms with Gasteiger partial charge in [-0.25, -0.2) is 0 Å². The molecule has 0 aromatic heterocycles. The molecule has 0 aliphatic heterocycles. The zero-order valence-electron chi connectivity index (χ0n) is 6.13. The Hall–Kier alpha value is 0.219. The third kappa shape index (κ3) is 8.22. The van der Waals surface area contributed by atoms with E-state index in [1.54, 1.807) is 0 Å². The molecule has 0 aliphatic carbocycles. The second-order valence-electron chi connectivity index (χ2n) is 2.09. The maximum atomic E-state index is 5.27.